The fourth-order valence-electron chi connectivity index (χ4n) is 5.94. The summed E-state index contributed by atoms with van der Waals surface area (Å²) in [6, 6.07) is 12.8. The summed E-state index contributed by atoms with van der Waals surface area (Å²) < 4.78 is 26.5. The SMILES string of the molecule is C[Si]1(C)O[Si](C)(C)c2ccc3oc4cnc(nc4c3c2)[Si](C)(C)O[Si](C)(C)c2ncc3oc4ccc1cc4c3n2. The fraction of sp³-hybridized carbons (Fsp3) is 0.286. The Bertz CT molecular complexity index is 1720. The van der Waals surface area contributed by atoms with Crippen molar-refractivity contribution in [1.82, 2.24) is 19.9 Å². The van der Waals surface area contributed by atoms with E-state index in [0.29, 0.717) is 11.2 Å². The molecule has 0 saturated heterocycles. The highest BCUT2D eigenvalue weighted by molar-refractivity contribution is 6.97. The molecule has 5 heterocycles. The molecule has 6 aromatic rings. The highest BCUT2D eigenvalue weighted by atomic mass is 28.4. The summed E-state index contributed by atoms with van der Waals surface area (Å²) in [4.78, 5) is 19.6. The minimum atomic E-state index is -2.56. The molecule has 1 aliphatic rings. The van der Waals surface area contributed by atoms with Gasteiger partial charge in [0.1, 0.15) is 33.1 Å². The molecular weight excluding hydrogens is 569 g/mol. The molecule has 0 saturated carbocycles. The third-order valence-electron chi connectivity index (χ3n) is 7.91. The van der Waals surface area contributed by atoms with Crippen LogP contribution >= 0.6 is 0 Å². The van der Waals surface area contributed by atoms with Gasteiger partial charge in [-0.3, -0.25) is 0 Å². The average molecular weight is 601 g/mol. The second-order valence-corrected chi connectivity index (χ2v) is 28.4. The third-order valence-corrected chi connectivity index (χ3v) is 22.1. The number of furan rings is 2. The molecule has 8 bridgehead atoms. The lowest BCUT2D eigenvalue weighted by atomic mass is 10.2. The molecule has 0 unspecified atom stereocenters. The molecular formula is C28H32N4O4Si4. The van der Waals surface area contributed by atoms with Gasteiger partial charge in [-0.2, -0.15) is 0 Å². The monoisotopic (exact) mass is 600 g/mol. The van der Waals surface area contributed by atoms with Crippen LogP contribution in [0.2, 0.25) is 52.4 Å². The molecule has 1 aliphatic heterocycles. The first kappa shape index (κ1) is 25.9. The number of nitrogens with zero attached hydrogens (tertiary/aromatic N) is 4. The van der Waals surface area contributed by atoms with E-state index in [0.717, 1.165) is 43.9 Å². The van der Waals surface area contributed by atoms with Crippen LogP contribution in [0.15, 0.2) is 57.6 Å². The van der Waals surface area contributed by atoms with Crippen LogP contribution in [0.5, 0.6) is 0 Å². The van der Waals surface area contributed by atoms with Crippen LogP contribution in [0.25, 0.3) is 44.1 Å². The van der Waals surface area contributed by atoms with Gasteiger partial charge in [-0.25, -0.2) is 19.9 Å². The van der Waals surface area contributed by atoms with Gasteiger partial charge in [-0.05, 0) is 87.0 Å². The number of aromatic nitrogens is 4. The first-order chi connectivity index (χ1) is 18.7. The van der Waals surface area contributed by atoms with Crippen LogP contribution in [0.3, 0.4) is 0 Å². The Labute approximate surface area is 236 Å². The molecule has 0 radical (unpaired) electrons. The minimum absolute atomic E-state index is 0.677. The van der Waals surface area contributed by atoms with Crippen LogP contribution in [-0.4, -0.2) is 53.2 Å². The lowest BCUT2D eigenvalue weighted by Gasteiger charge is -2.34. The normalized spacial score (nSPS) is 19.6. The Kier molecular flexibility index (Phi) is 5.36. The van der Waals surface area contributed by atoms with E-state index in [4.69, 9.17) is 37.0 Å². The molecule has 12 heteroatoms. The zero-order chi connectivity index (χ0) is 28.2. The second kappa shape index (κ2) is 8.27. The lowest BCUT2D eigenvalue weighted by molar-refractivity contribution is 0.566. The maximum Gasteiger partial charge on any atom is 0.250 e. The van der Waals surface area contributed by atoms with Crippen molar-refractivity contribution in [3.05, 3.63) is 48.8 Å². The lowest BCUT2D eigenvalue weighted by Crippen LogP contribution is -2.60. The van der Waals surface area contributed by atoms with Gasteiger partial charge in [0.05, 0.1) is 12.4 Å². The Morgan fingerprint density at radius 2 is 0.900 bits per heavy atom. The van der Waals surface area contributed by atoms with Gasteiger partial charge in [0, 0.05) is 10.8 Å². The molecule has 8 nitrogen and oxygen atoms in total. The summed E-state index contributed by atoms with van der Waals surface area (Å²) in [6.45, 7) is 17.6. The standard InChI is InChI=1S/C28H32N4O4Si4/c1-37(2)17-9-11-21-19(13-17)25-23(33-21)15-29-27(31-25)39(5,6)36-40(7,8)28-30-16-24-26(32-28)20-14-18(38(3,4)35-37)10-12-22(20)34-24/h9-16H,1-8H3. The Morgan fingerprint density at radius 3 is 1.32 bits per heavy atom. The minimum Gasteiger partial charge on any atom is -0.453 e. The van der Waals surface area contributed by atoms with Crippen molar-refractivity contribution in [3.8, 4) is 0 Å². The molecule has 0 amide bonds. The van der Waals surface area contributed by atoms with E-state index in [1.54, 1.807) is 12.4 Å². The van der Waals surface area contributed by atoms with Crippen LogP contribution in [0.1, 0.15) is 0 Å². The Morgan fingerprint density at radius 1 is 0.500 bits per heavy atom. The van der Waals surface area contributed by atoms with Gasteiger partial charge in [0.25, 0.3) is 0 Å². The first-order valence-corrected chi connectivity index (χ1v) is 25.2. The molecule has 0 atom stereocenters. The molecule has 0 fully saturated rings. The maximum absolute atomic E-state index is 7.16. The van der Waals surface area contributed by atoms with Crippen molar-refractivity contribution >= 4 is 98.7 Å². The molecule has 7 rings (SSSR count). The van der Waals surface area contributed by atoms with Gasteiger partial charge >= 0.3 is 0 Å². The molecule has 0 spiro atoms. The van der Waals surface area contributed by atoms with E-state index in [9.17, 15) is 0 Å². The Hall–Kier alpha value is -3.01. The zero-order valence-electron chi connectivity index (χ0n) is 24.0. The van der Waals surface area contributed by atoms with Crippen molar-refractivity contribution in [2.75, 3.05) is 0 Å². The quantitative estimate of drug-likeness (QED) is 0.236. The van der Waals surface area contributed by atoms with Gasteiger partial charge in [-0.15, -0.1) is 0 Å². The number of fused-ring (bicyclic) bond motifs is 4. The molecule has 4 aromatic heterocycles. The van der Waals surface area contributed by atoms with Crippen LogP contribution in [0, 0.1) is 0 Å². The van der Waals surface area contributed by atoms with Gasteiger partial charge in [-0.1, -0.05) is 12.1 Å². The van der Waals surface area contributed by atoms with Crippen molar-refractivity contribution in [2.24, 2.45) is 0 Å². The fourth-order valence-corrected chi connectivity index (χ4v) is 21.3. The second-order valence-electron chi connectivity index (χ2n) is 12.7. The van der Waals surface area contributed by atoms with E-state index in [1.165, 1.54) is 10.4 Å². The van der Waals surface area contributed by atoms with Gasteiger partial charge in [0.2, 0.25) is 33.3 Å². The molecule has 0 aliphatic carbocycles. The number of benzene rings is 2. The van der Waals surface area contributed by atoms with Crippen molar-refractivity contribution in [3.63, 3.8) is 0 Å². The molecule has 0 N–H and O–H groups in total. The summed E-state index contributed by atoms with van der Waals surface area (Å²) in [6.07, 6.45) is 3.57. The maximum atomic E-state index is 7.16. The summed E-state index contributed by atoms with van der Waals surface area (Å²) in [5, 5.41) is 4.39. The summed E-state index contributed by atoms with van der Waals surface area (Å²) >= 11 is 0. The first-order valence-electron chi connectivity index (χ1n) is 13.5. The van der Waals surface area contributed by atoms with E-state index in [-0.39, 0.29) is 0 Å². The van der Waals surface area contributed by atoms with Crippen molar-refractivity contribution < 1.29 is 17.1 Å². The third kappa shape index (κ3) is 3.96. The largest absolute Gasteiger partial charge is 0.453 e. The van der Waals surface area contributed by atoms with E-state index >= 15 is 0 Å². The smallest absolute Gasteiger partial charge is 0.250 e. The molecule has 204 valence electrons. The molecule has 40 heavy (non-hydrogen) atoms. The number of hydrogen-bond acceptors (Lipinski definition) is 8. The van der Waals surface area contributed by atoms with Gasteiger partial charge in [0.15, 0.2) is 11.2 Å². The summed E-state index contributed by atoms with van der Waals surface area (Å²) in [5.74, 6) is 0. The highest BCUT2D eigenvalue weighted by Gasteiger charge is 2.41. The predicted molar refractivity (Wildman–Crippen MR) is 169 cm³/mol. The van der Waals surface area contributed by atoms with Crippen LogP contribution in [-0.2, 0) is 8.23 Å². The van der Waals surface area contributed by atoms with Crippen molar-refractivity contribution in [2.45, 2.75) is 52.4 Å². The highest BCUT2D eigenvalue weighted by Crippen LogP contribution is 2.29. The van der Waals surface area contributed by atoms with Crippen LogP contribution in [0.4, 0.5) is 0 Å². The summed E-state index contributed by atoms with van der Waals surface area (Å²) in [5.41, 5.74) is 6.06. The van der Waals surface area contributed by atoms with E-state index in [2.05, 4.69) is 76.6 Å². The number of hydrogen-bond donors (Lipinski definition) is 0. The number of rotatable bonds is 0. The Balaban J connectivity index is 1.51. The van der Waals surface area contributed by atoms with Gasteiger partial charge < -0.3 is 17.1 Å². The molecule has 2 aromatic carbocycles. The summed E-state index contributed by atoms with van der Waals surface area (Å²) in [7, 11) is -9.79. The average Bonchev–Trinajstić information content (AvgIpc) is 3.43. The van der Waals surface area contributed by atoms with Crippen LogP contribution < -0.4 is 21.3 Å². The topological polar surface area (TPSA) is 96.3 Å². The zero-order valence-corrected chi connectivity index (χ0v) is 28.0. The van der Waals surface area contributed by atoms with E-state index in [1.807, 2.05) is 12.1 Å². The van der Waals surface area contributed by atoms with Crippen molar-refractivity contribution in [1.29, 1.82) is 0 Å². The predicted octanol–water partition coefficient (Wildman–Crippen LogP) is 4.46. The van der Waals surface area contributed by atoms with E-state index < -0.39 is 33.3 Å².